The highest BCUT2D eigenvalue weighted by Gasteiger charge is 2.16. The molecular formula is C21H22N2O3S. The van der Waals surface area contributed by atoms with E-state index in [0.717, 1.165) is 28.8 Å². The molecule has 1 aliphatic rings. The van der Waals surface area contributed by atoms with Crippen LogP contribution in [0.2, 0.25) is 0 Å². The Morgan fingerprint density at radius 2 is 2.07 bits per heavy atom. The summed E-state index contributed by atoms with van der Waals surface area (Å²) in [5.74, 6) is -0.301. The molecule has 6 heteroatoms. The SMILES string of the molecule is CCOC(=O)CCn1cnc2scc(-c3ccc4c(c3)CCCC4)c2c1=O. The van der Waals surface area contributed by atoms with Crippen molar-refractivity contribution >= 4 is 27.5 Å². The zero-order valence-corrected chi connectivity index (χ0v) is 16.2. The first-order valence-electron chi connectivity index (χ1n) is 9.42. The summed E-state index contributed by atoms with van der Waals surface area (Å²) in [5.41, 5.74) is 4.73. The summed E-state index contributed by atoms with van der Waals surface area (Å²) in [6.07, 6.45) is 6.41. The number of aryl methyl sites for hydroxylation is 3. The number of thiophene rings is 1. The zero-order chi connectivity index (χ0) is 18.8. The molecule has 140 valence electrons. The molecule has 0 unspecified atom stereocenters. The Kier molecular flexibility index (Phi) is 5.07. The lowest BCUT2D eigenvalue weighted by Crippen LogP contribution is -2.22. The first-order chi connectivity index (χ1) is 13.2. The van der Waals surface area contributed by atoms with Gasteiger partial charge in [-0.25, -0.2) is 4.98 Å². The van der Waals surface area contributed by atoms with Crippen molar-refractivity contribution in [2.45, 2.75) is 45.6 Å². The number of rotatable bonds is 5. The highest BCUT2D eigenvalue weighted by Crippen LogP contribution is 2.33. The van der Waals surface area contributed by atoms with Crippen molar-refractivity contribution in [1.82, 2.24) is 9.55 Å². The van der Waals surface area contributed by atoms with Crippen LogP contribution in [0.4, 0.5) is 0 Å². The molecule has 0 atom stereocenters. The van der Waals surface area contributed by atoms with Crippen LogP contribution in [-0.4, -0.2) is 22.1 Å². The van der Waals surface area contributed by atoms with E-state index in [1.54, 1.807) is 6.92 Å². The van der Waals surface area contributed by atoms with E-state index in [0.29, 0.717) is 12.0 Å². The summed E-state index contributed by atoms with van der Waals surface area (Å²) in [7, 11) is 0. The molecule has 27 heavy (non-hydrogen) atoms. The fourth-order valence-electron chi connectivity index (χ4n) is 3.69. The fourth-order valence-corrected chi connectivity index (χ4v) is 4.59. The van der Waals surface area contributed by atoms with Gasteiger partial charge in [-0.15, -0.1) is 11.3 Å². The van der Waals surface area contributed by atoms with E-state index in [-0.39, 0.29) is 24.5 Å². The number of fused-ring (bicyclic) bond motifs is 2. The van der Waals surface area contributed by atoms with E-state index in [1.807, 2.05) is 5.38 Å². The van der Waals surface area contributed by atoms with Crippen LogP contribution in [0.3, 0.4) is 0 Å². The monoisotopic (exact) mass is 382 g/mol. The molecule has 2 heterocycles. The van der Waals surface area contributed by atoms with Gasteiger partial charge in [0, 0.05) is 17.5 Å². The number of esters is 1. The predicted molar refractivity (Wildman–Crippen MR) is 107 cm³/mol. The number of hydrogen-bond donors (Lipinski definition) is 0. The van der Waals surface area contributed by atoms with Crippen LogP contribution in [-0.2, 0) is 28.9 Å². The molecule has 0 bridgehead atoms. The molecular weight excluding hydrogens is 360 g/mol. The number of aromatic nitrogens is 2. The van der Waals surface area contributed by atoms with Crippen LogP contribution in [0.25, 0.3) is 21.3 Å². The van der Waals surface area contributed by atoms with Crippen LogP contribution in [0.1, 0.15) is 37.3 Å². The fraction of sp³-hybridized carbons (Fsp3) is 0.381. The number of hydrogen-bond acceptors (Lipinski definition) is 5. The topological polar surface area (TPSA) is 61.2 Å². The van der Waals surface area contributed by atoms with Crippen LogP contribution in [0, 0.1) is 0 Å². The van der Waals surface area contributed by atoms with Crippen LogP contribution < -0.4 is 5.56 Å². The van der Waals surface area contributed by atoms with E-state index in [1.165, 1.54) is 46.2 Å². The second-order valence-electron chi connectivity index (χ2n) is 6.82. The number of carbonyl (C=O) groups is 1. The molecule has 0 fully saturated rings. The van der Waals surface area contributed by atoms with Gasteiger partial charge in [-0.1, -0.05) is 18.2 Å². The molecule has 0 radical (unpaired) electrons. The number of nitrogens with zero attached hydrogens (tertiary/aromatic N) is 2. The average molecular weight is 382 g/mol. The highest BCUT2D eigenvalue weighted by atomic mass is 32.1. The van der Waals surface area contributed by atoms with Gasteiger partial charge in [-0.05, 0) is 49.3 Å². The van der Waals surface area contributed by atoms with Crippen molar-refractivity contribution in [2.75, 3.05) is 6.61 Å². The van der Waals surface area contributed by atoms with E-state index in [4.69, 9.17) is 4.74 Å². The van der Waals surface area contributed by atoms with Gasteiger partial charge < -0.3 is 4.74 Å². The maximum atomic E-state index is 13.0. The summed E-state index contributed by atoms with van der Waals surface area (Å²) >= 11 is 1.49. The number of ether oxygens (including phenoxy) is 1. The lowest BCUT2D eigenvalue weighted by molar-refractivity contribution is -0.143. The van der Waals surface area contributed by atoms with Gasteiger partial charge in [0.1, 0.15) is 4.83 Å². The second-order valence-corrected chi connectivity index (χ2v) is 7.68. The number of benzene rings is 1. The van der Waals surface area contributed by atoms with Crippen molar-refractivity contribution < 1.29 is 9.53 Å². The molecule has 4 rings (SSSR count). The molecule has 0 amide bonds. The van der Waals surface area contributed by atoms with Gasteiger partial charge in [0.15, 0.2) is 0 Å². The van der Waals surface area contributed by atoms with Gasteiger partial charge in [-0.2, -0.15) is 0 Å². The largest absolute Gasteiger partial charge is 0.466 e. The second kappa shape index (κ2) is 7.64. The van der Waals surface area contributed by atoms with Gasteiger partial charge in [0.05, 0.1) is 24.7 Å². The summed E-state index contributed by atoms with van der Waals surface area (Å²) in [5, 5.41) is 2.65. The predicted octanol–water partition coefficient (Wildman–Crippen LogP) is 3.96. The quantitative estimate of drug-likeness (QED) is 0.627. The average Bonchev–Trinajstić information content (AvgIpc) is 3.12. The van der Waals surface area contributed by atoms with Crippen molar-refractivity contribution in [3.05, 3.63) is 51.4 Å². The lowest BCUT2D eigenvalue weighted by atomic mass is 9.89. The molecule has 1 aliphatic carbocycles. The van der Waals surface area contributed by atoms with E-state index >= 15 is 0 Å². The Labute approximate surface area is 161 Å². The van der Waals surface area contributed by atoms with Crippen molar-refractivity contribution in [3.8, 4) is 11.1 Å². The van der Waals surface area contributed by atoms with Gasteiger partial charge >= 0.3 is 5.97 Å². The third kappa shape index (κ3) is 3.54. The third-order valence-electron chi connectivity index (χ3n) is 5.08. The lowest BCUT2D eigenvalue weighted by Gasteiger charge is -2.16. The first kappa shape index (κ1) is 17.9. The van der Waals surface area contributed by atoms with Crippen LogP contribution in [0.15, 0.2) is 34.7 Å². The van der Waals surface area contributed by atoms with Crippen molar-refractivity contribution in [2.24, 2.45) is 0 Å². The van der Waals surface area contributed by atoms with Gasteiger partial charge in [0.2, 0.25) is 0 Å². The minimum atomic E-state index is -0.301. The molecule has 0 saturated heterocycles. The summed E-state index contributed by atoms with van der Waals surface area (Å²) < 4.78 is 6.46. The van der Waals surface area contributed by atoms with Gasteiger partial charge in [-0.3, -0.25) is 14.2 Å². The molecule has 0 aliphatic heterocycles. The summed E-state index contributed by atoms with van der Waals surface area (Å²) in [6, 6.07) is 6.54. The minimum absolute atomic E-state index is 0.0988. The summed E-state index contributed by atoms with van der Waals surface area (Å²) in [6.45, 7) is 2.39. The standard InChI is InChI=1S/C21H22N2O3S/c1-2-26-18(24)9-10-23-13-22-20-19(21(23)25)17(12-27-20)16-8-7-14-5-3-4-6-15(14)11-16/h7-8,11-13H,2-6,9-10H2,1H3. The summed E-state index contributed by atoms with van der Waals surface area (Å²) in [4.78, 5) is 29.8. The Bertz CT molecular complexity index is 1050. The van der Waals surface area contributed by atoms with Crippen LogP contribution >= 0.6 is 11.3 Å². The van der Waals surface area contributed by atoms with E-state index in [2.05, 4.69) is 23.2 Å². The highest BCUT2D eigenvalue weighted by molar-refractivity contribution is 7.17. The molecule has 3 aromatic rings. The molecule has 0 N–H and O–H groups in total. The molecule has 0 spiro atoms. The first-order valence-corrected chi connectivity index (χ1v) is 10.3. The Morgan fingerprint density at radius 1 is 1.26 bits per heavy atom. The maximum Gasteiger partial charge on any atom is 0.307 e. The molecule has 0 saturated carbocycles. The zero-order valence-electron chi connectivity index (χ0n) is 15.4. The smallest absolute Gasteiger partial charge is 0.307 e. The minimum Gasteiger partial charge on any atom is -0.466 e. The molecule has 2 aromatic heterocycles. The molecule has 1 aromatic carbocycles. The third-order valence-corrected chi connectivity index (χ3v) is 5.97. The Hall–Kier alpha value is -2.47. The van der Waals surface area contributed by atoms with Crippen molar-refractivity contribution in [3.63, 3.8) is 0 Å². The number of carbonyl (C=O) groups excluding carboxylic acids is 1. The Balaban J connectivity index is 1.71. The Morgan fingerprint density at radius 3 is 2.89 bits per heavy atom. The van der Waals surface area contributed by atoms with Gasteiger partial charge in [0.25, 0.3) is 5.56 Å². The van der Waals surface area contributed by atoms with Crippen LogP contribution in [0.5, 0.6) is 0 Å². The van der Waals surface area contributed by atoms with E-state index < -0.39 is 0 Å². The normalized spacial score (nSPS) is 13.5. The van der Waals surface area contributed by atoms with E-state index in [9.17, 15) is 9.59 Å². The maximum absolute atomic E-state index is 13.0. The van der Waals surface area contributed by atoms with Crippen molar-refractivity contribution in [1.29, 1.82) is 0 Å². The molecule has 5 nitrogen and oxygen atoms in total.